The van der Waals surface area contributed by atoms with Crippen LogP contribution in [0.2, 0.25) is 0 Å². The molecular formula is C11H16S. The van der Waals surface area contributed by atoms with Crippen LogP contribution in [-0.4, -0.2) is 0 Å². The van der Waals surface area contributed by atoms with Crippen LogP contribution in [0.1, 0.15) is 38.2 Å². The van der Waals surface area contributed by atoms with Gasteiger partial charge in [-0.1, -0.05) is 26.0 Å². The van der Waals surface area contributed by atoms with Crippen LogP contribution in [0.4, 0.5) is 0 Å². The Kier molecular flexibility index (Phi) is 3.67. The molecule has 1 rings (SSSR count). The first-order valence-corrected chi connectivity index (χ1v) is 5.01. The van der Waals surface area contributed by atoms with Crippen LogP contribution in [0, 0.1) is 0 Å². The van der Waals surface area contributed by atoms with E-state index >= 15 is 0 Å². The quantitative estimate of drug-likeness (QED) is 0.670. The minimum absolute atomic E-state index is 0.721. The first kappa shape index (κ1) is 9.66. The van der Waals surface area contributed by atoms with Crippen molar-refractivity contribution in [2.75, 3.05) is 0 Å². The average Bonchev–Trinajstić information content (AvgIpc) is 2.10. The van der Waals surface area contributed by atoms with Gasteiger partial charge in [-0.3, -0.25) is 0 Å². The van der Waals surface area contributed by atoms with Crippen molar-refractivity contribution in [3.8, 4) is 0 Å². The van der Waals surface area contributed by atoms with Crippen molar-refractivity contribution >= 4 is 12.6 Å². The second-order valence-corrected chi connectivity index (χ2v) is 3.62. The van der Waals surface area contributed by atoms with E-state index < -0.39 is 0 Å². The molecule has 0 spiro atoms. The number of thiol groups is 1. The maximum Gasteiger partial charge on any atom is 0.00401 e. The highest BCUT2D eigenvalue weighted by Gasteiger charge is 2.04. The van der Waals surface area contributed by atoms with Gasteiger partial charge in [0.25, 0.3) is 0 Å². The topological polar surface area (TPSA) is 0 Å². The van der Waals surface area contributed by atoms with Gasteiger partial charge >= 0.3 is 0 Å². The van der Waals surface area contributed by atoms with Crippen molar-refractivity contribution in [3.63, 3.8) is 0 Å². The van der Waals surface area contributed by atoms with E-state index in [1.807, 2.05) is 0 Å². The van der Waals surface area contributed by atoms with Crippen molar-refractivity contribution in [1.82, 2.24) is 0 Å². The zero-order valence-electron chi connectivity index (χ0n) is 7.75. The minimum Gasteiger partial charge on any atom is -0.143 e. The monoisotopic (exact) mass is 180 g/mol. The van der Waals surface area contributed by atoms with Gasteiger partial charge in [-0.15, -0.1) is 12.6 Å². The zero-order valence-corrected chi connectivity index (χ0v) is 8.64. The molecule has 12 heavy (non-hydrogen) atoms. The summed E-state index contributed by atoms with van der Waals surface area (Å²) in [5, 5.41) is 0. The molecular weight excluding hydrogens is 164 g/mol. The summed E-state index contributed by atoms with van der Waals surface area (Å²) in [5.41, 5.74) is 1.44. The third kappa shape index (κ3) is 2.28. The Hall–Kier alpha value is -0.430. The molecule has 0 aliphatic heterocycles. The zero-order chi connectivity index (χ0) is 8.97. The molecule has 0 fully saturated rings. The standard InChI is InChI=1S/C11H16S/c1-3-9(4-2)10-5-7-11(12)8-6-10/h5-9,12H,3-4H2,1-2H3. The number of benzene rings is 1. The molecule has 0 atom stereocenters. The minimum atomic E-state index is 0.721. The fourth-order valence-electron chi connectivity index (χ4n) is 1.51. The van der Waals surface area contributed by atoms with Crippen molar-refractivity contribution in [1.29, 1.82) is 0 Å². The summed E-state index contributed by atoms with van der Waals surface area (Å²) >= 11 is 4.26. The van der Waals surface area contributed by atoms with Crippen LogP contribution < -0.4 is 0 Å². The van der Waals surface area contributed by atoms with E-state index in [0.29, 0.717) is 0 Å². The molecule has 1 aromatic rings. The summed E-state index contributed by atoms with van der Waals surface area (Å²) in [6, 6.07) is 8.49. The molecule has 0 bridgehead atoms. The molecule has 0 unspecified atom stereocenters. The maximum absolute atomic E-state index is 4.26. The van der Waals surface area contributed by atoms with E-state index in [4.69, 9.17) is 0 Å². The van der Waals surface area contributed by atoms with Crippen LogP contribution in [-0.2, 0) is 0 Å². The molecule has 1 aromatic carbocycles. The molecule has 0 saturated carbocycles. The average molecular weight is 180 g/mol. The Morgan fingerprint density at radius 1 is 1.08 bits per heavy atom. The van der Waals surface area contributed by atoms with E-state index in [1.165, 1.54) is 18.4 Å². The first-order valence-electron chi connectivity index (χ1n) is 4.56. The molecule has 0 amide bonds. The largest absolute Gasteiger partial charge is 0.143 e. The van der Waals surface area contributed by atoms with Crippen molar-refractivity contribution in [3.05, 3.63) is 29.8 Å². The SMILES string of the molecule is CCC(CC)c1ccc(S)cc1. The summed E-state index contributed by atoms with van der Waals surface area (Å²) in [6.07, 6.45) is 2.45. The Balaban J connectivity index is 2.80. The lowest BCUT2D eigenvalue weighted by atomic mass is 9.94. The fraction of sp³-hybridized carbons (Fsp3) is 0.455. The van der Waals surface area contributed by atoms with Gasteiger partial charge in [-0.05, 0) is 36.5 Å². The van der Waals surface area contributed by atoms with Crippen LogP contribution in [0.15, 0.2) is 29.2 Å². The summed E-state index contributed by atoms with van der Waals surface area (Å²) in [4.78, 5) is 1.05. The van der Waals surface area contributed by atoms with Crippen LogP contribution in [0.3, 0.4) is 0 Å². The maximum atomic E-state index is 4.26. The van der Waals surface area contributed by atoms with Gasteiger partial charge in [0.05, 0.1) is 0 Å². The molecule has 0 aliphatic rings. The number of hydrogen-bond acceptors (Lipinski definition) is 1. The molecule has 0 radical (unpaired) electrons. The summed E-state index contributed by atoms with van der Waals surface area (Å²) in [6.45, 7) is 4.48. The van der Waals surface area contributed by atoms with Crippen molar-refractivity contribution in [2.45, 2.75) is 37.5 Å². The van der Waals surface area contributed by atoms with E-state index in [-0.39, 0.29) is 0 Å². The van der Waals surface area contributed by atoms with Gasteiger partial charge in [0, 0.05) is 4.90 Å². The second-order valence-electron chi connectivity index (χ2n) is 3.10. The smallest absolute Gasteiger partial charge is 0.00401 e. The summed E-state index contributed by atoms with van der Waals surface area (Å²) < 4.78 is 0. The normalized spacial score (nSPS) is 10.7. The van der Waals surface area contributed by atoms with E-state index in [1.54, 1.807) is 0 Å². The highest BCUT2D eigenvalue weighted by atomic mass is 32.1. The molecule has 66 valence electrons. The number of rotatable bonds is 3. The molecule has 0 aliphatic carbocycles. The van der Waals surface area contributed by atoms with Gasteiger partial charge < -0.3 is 0 Å². The van der Waals surface area contributed by atoms with E-state index in [9.17, 15) is 0 Å². The summed E-state index contributed by atoms with van der Waals surface area (Å²) in [7, 11) is 0. The van der Waals surface area contributed by atoms with Gasteiger partial charge in [0.1, 0.15) is 0 Å². The van der Waals surface area contributed by atoms with E-state index in [0.717, 1.165) is 10.8 Å². The van der Waals surface area contributed by atoms with E-state index in [2.05, 4.69) is 50.7 Å². The molecule has 0 saturated heterocycles. The van der Waals surface area contributed by atoms with Crippen LogP contribution in [0.5, 0.6) is 0 Å². The fourth-order valence-corrected chi connectivity index (χ4v) is 1.66. The Morgan fingerprint density at radius 2 is 1.58 bits per heavy atom. The second kappa shape index (κ2) is 4.56. The third-order valence-electron chi connectivity index (χ3n) is 2.35. The van der Waals surface area contributed by atoms with Gasteiger partial charge in [0.15, 0.2) is 0 Å². The third-order valence-corrected chi connectivity index (χ3v) is 2.65. The van der Waals surface area contributed by atoms with Crippen molar-refractivity contribution in [2.24, 2.45) is 0 Å². The lowest BCUT2D eigenvalue weighted by molar-refractivity contribution is 0.641. The van der Waals surface area contributed by atoms with Crippen molar-refractivity contribution < 1.29 is 0 Å². The Morgan fingerprint density at radius 3 is 2.00 bits per heavy atom. The molecule has 0 heterocycles. The predicted molar refractivity (Wildman–Crippen MR) is 57.0 cm³/mol. The molecule has 0 aromatic heterocycles. The lowest BCUT2D eigenvalue weighted by Crippen LogP contribution is -1.94. The molecule has 0 nitrogen and oxygen atoms in total. The Labute approximate surface area is 80.4 Å². The number of hydrogen-bond donors (Lipinski definition) is 1. The van der Waals surface area contributed by atoms with Crippen LogP contribution in [0.25, 0.3) is 0 Å². The highest BCUT2D eigenvalue weighted by molar-refractivity contribution is 7.80. The van der Waals surface area contributed by atoms with Gasteiger partial charge in [-0.2, -0.15) is 0 Å². The van der Waals surface area contributed by atoms with Gasteiger partial charge in [0.2, 0.25) is 0 Å². The Bertz CT molecular complexity index is 221. The van der Waals surface area contributed by atoms with Gasteiger partial charge in [-0.25, -0.2) is 0 Å². The highest BCUT2D eigenvalue weighted by Crippen LogP contribution is 2.23. The lowest BCUT2D eigenvalue weighted by Gasteiger charge is -2.12. The molecule has 0 N–H and O–H groups in total. The first-order chi connectivity index (χ1) is 5.77. The van der Waals surface area contributed by atoms with Crippen LogP contribution >= 0.6 is 12.6 Å². The summed E-state index contributed by atoms with van der Waals surface area (Å²) in [5.74, 6) is 0.721. The molecule has 1 heteroatoms. The predicted octanol–water partition coefficient (Wildman–Crippen LogP) is 3.88.